The smallest absolute Gasteiger partial charge is 0.210 e. The predicted molar refractivity (Wildman–Crippen MR) is 117 cm³/mol. The summed E-state index contributed by atoms with van der Waals surface area (Å²) >= 11 is 9.72. The molecule has 0 radical (unpaired) electrons. The van der Waals surface area contributed by atoms with E-state index >= 15 is 0 Å². The highest BCUT2D eigenvalue weighted by Crippen LogP contribution is 2.76. The van der Waals surface area contributed by atoms with Crippen molar-refractivity contribution in [3.63, 3.8) is 0 Å². The van der Waals surface area contributed by atoms with Gasteiger partial charge in [0.25, 0.3) is 0 Å². The number of halogens is 2. The Labute approximate surface area is 187 Å². The van der Waals surface area contributed by atoms with E-state index in [1.54, 1.807) is 6.07 Å². The first-order valence-electron chi connectivity index (χ1n) is 10.1. The molecule has 0 bridgehead atoms. The molecule has 2 saturated carbocycles. The maximum atomic E-state index is 14.0. The van der Waals surface area contributed by atoms with Gasteiger partial charge in [0.05, 0.1) is 5.02 Å². The van der Waals surface area contributed by atoms with Crippen molar-refractivity contribution in [1.82, 2.24) is 4.98 Å². The largest absolute Gasteiger partial charge is 0.480 e. The number of ketones is 1. The van der Waals surface area contributed by atoms with E-state index in [-0.39, 0.29) is 17.6 Å². The van der Waals surface area contributed by atoms with Gasteiger partial charge in [0, 0.05) is 34.0 Å². The highest BCUT2D eigenvalue weighted by atomic mass is 79.9. The van der Waals surface area contributed by atoms with Crippen LogP contribution in [0.15, 0.2) is 65.3 Å². The molecule has 152 valence electrons. The number of aromatic nitrogens is 1. The number of carbonyl (C=O) groups excluding carboxylic acids is 1. The molecule has 1 aliphatic heterocycles. The zero-order chi connectivity index (χ0) is 20.7. The van der Waals surface area contributed by atoms with Crippen molar-refractivity contribution in [1.29, 1.82) is 0 Å². The van der Waals surface area contributed by atoms with E-state index in [1.165, 1.54) is 6.20 Å². The van der Waals surface area contributed by atoms with E-state index in [1.807, 2.05) is 42.5 Å². The highest BCUT2D eigenvalue weighted by Gasteiger charge is 2.85. The van der Waals surface area contributed by atoms with E-state index in [0.29, 0.717) is 22.9 Å². The summed E-state index contributed by atoms with van der Waals surface area (Å²) in [4.78, 5) is 18.4. The fourth-order valence-corrected chi connectivity index (χ4v) is 6.49. The number of hydrogen-bond acceptors (Lipinski definition) is 4. The number of benzene rings is 1. The molecule has 0 amide bonds. The van der Waals surface area contributed by atoms with E-state index in [4.69, 9.17) is 16.3 Å². The average molecular weight is 485 g/mol. The molecule has 4 atom stereocenters. The van der Waals surface area contributed by atoms with Gasteiger partial charge in [-0.25, -0.2) is 0 Å². The van der Waals surface area contributed by atoms with Crippen molar-refractivity contribution < 1.29 is 14.6 Å². The summed E-state index contributed by atoms with van der Waals surface area (Å²) in [5, 5.41) is 12.7. The number of Topliss-reactive ketones (excluding diaryl/α,β-unsaturated/α-hetero) is 1. The van der Waals surface area contributed by atoms with Crippen LogP contribution in [0.3, 0.4) is 0 Å². The Morgan fingerprint density at radius 2 is 2.00 bits per heavy atom. The number of fused-ring (bicyclic) bond motifs is 3. The van der Waals surface area contributed by atoms with Crippen molar-refractivity contribution in [2.45, 2.75) is 36.4 Å². The fourth-order valence-electron chi connectivity index (χ4n) is 6.00. The molecule has 1 N–H and O–H groups in total. The molecule has 6 heteroatoms. The molecular formula is C24H19BrClNO3. The van der Waals surface area contributed by atoms with E-state index < -0.39 is 16.6 Å². The van der Waals surface area contributed by atoms with Gasteiger partial charge in [-0.15, -0.1) is 0 Å². The van der Waals surface area contributed by atoms with Crippen molar-refractivity contribution in [2.75, 3.05) is 0 Å². The Balaban J connectivity index is 1.65. The normalized spacial score (nSPS) is 35.0. The van der Waals surface area contributed by atoms with Crippen LogP contribution in [0.25, 0.3) is 0 Å². The van der Waals surface area contributed by atoms with Crippen LogP contribution in [0.1, 0.15) is 36.4 Å². The standard InChI is InChI=1S/C24H19BrClNO3/c25-16-8-6-15(7-9-16)24-19(14-4-2-1-3-5-14)22(10-11-22)21(28)23(24,29)20-18(30-24)12-17(26)13-27-20/h1-6,8-9,12-13,15,19,29H,7,10-11H2/t15?,19-,23+,24+/m1/s1. The van der Waals surface area contributed by atoms with Gasteiger partial charge in [0.15, 0.2) is 11.4 Å². The predicted octanol–water partition coefficient (Wildman–Crippen LogP) is 5.06. The van der Waals surface area contributed by atoms with Crippen LogP contribution in [0.2, 0.25) is 5.02 Å². The molecule has 2 fully saturated rings. The number of ether oxygens (including phenoxy) is 1. The lowest BCUT2D eigenvalue weighted by Gasteiger charge is -2.44. The topological polar surface area (TPSA) is 59.4 Å². The van der Waals surface area contributed by atoms with Gasteiger partial charge in [-0.05, 0) is 24.8 Å². The molecular weight excluding hydrogens is 466 g/mol. The maximum Gasteiger partial charge on any atom is 0.210 e. The van der Waals surface area contributed by atoms with Gasteiger partial charge in [-0.2, -0.15) is 0 Å². The van der Waals surface area contributed by atoms with Crippen molar-refractivity contribution in [3.8, 4) is 5.75 Å². The van der Waals surface area contributed by atoms with E-state index in [9.17, 15) is 9.90 Å². The van der Waals surface area contributed by atoms with Gasteiger partial charge in [0.1, 0.15) is 11.4 Å². The van der Waals surface area contributed by atoms with Crippen LogP contribution in [0.5, 0.6) is 5.75 Å². The third-order valence-electron chi connectivity index (χ3n) is 7.30. The lowest BCUT2D eigenvalue weighted by Crippen LogP contribution is -2.58. The van der Waals surface area contributed by atoms with Crippen LogP contribution in [-0.2, 0) is 10.4 Å². The highest BCUT2D eigenvalue weighted by molar-refractivity contribution is 9.11. The summed E-state index contributed by atoms with van der Waals surface area (Å²) in [6.45, 7) is 0. The number of hydrogen-bond donors (Lipinski definition) is 1. The molecule has 2 aromatic rings. The number of rotatable bonds is 2. The van der Waals surface area contributed by atoms with Gasteiger partial charge in [-0.1, -0.05) is 76.1 Å². The summed E-state index contributed by atoms with van der Waals surface area (Å²) in [5.74, 6) is -0.251. The number of pyridine rings is 1. The third-order valence-corrected chi connectivity index (χ3v) is 8.09. The minimum atomic E-state index is -1.82. The van der Waals surface area contributed by atoms with Gasteiger partial charge < -0.3 is 9.84 Å². The summed E-state index contributed by atoms with van der Waals surface area (Å²) in [6.07, 6.45) is 9.71. The Kier molecular flexibility index (Phi) is 3.79. The second-order valence-corrected chi connectivity index (χ2v) is 10.1. The SMILES string of the molecule is O=C1C2(CC2)[C@@H](c2ccccc2)[C@]2(C3C=CC(Br)=CC3)Oc3cc(Cl)cnc3[C@]12O. The quantitative estimate of drug-likeness (QED) is 0.648. The molecule has 6 rings (SSSR count). The summed E-state index contributed by atoms with van der Waals surface area (Å²) in [7, 11) is 0. The van der Waals surface area contributed by atoms with Crippen molar-refractivity contribution in [3.05, 3.63) is 81.6 Å². The average Bonchev–Trinajstić information content (AvgIpc) is 3.47. The van der Waals surface area contributed by atoms with Gasteiger partial charge >= 0.3 is 0 Å². The Hall–Kier alpha value is -1.95. The van der Waals surface area contributed by atoms with Crippen molar-refractivity contribution in [2.24, 2.45) is 11.3 Å². The molecule has 30 heavy (non-hydrogen) atoms. The minimum Gasteiger partial charge on any atom is -0.480 e. The van der Waals surface area contributed by atoms with Crippen molar-refractivity contribution >= 4 is 33.3 Å². The molecule has 1 aromatic heterocycles. The molecule has 1 unspecified atom stereocenters. The summed E-state index contributed by atoms with van der Waals surface area (Å²) in [6, 6.07) is 11.7. The molecule has 1 aromatic carbocycles. The van der Waals surface area contributed by atoms with Crippen LogP contribution >= 0.6 is 27.5 Å². The van der Waals surface area contributed by atoms with E-state index in [2.05, 4.69) is 27.0 Å². The van der Waals surface area contributed by atoms with Crippen LogP contribution < -0.4 is 4.74 Å². The maximum absolute atomic E-state index is 14.0. The molecule has 3 aliphatic carbocycles. The summed E-state index contributed by atoms with van der Waals surface area (Å²) < 4.78 is 7.66. The second kappa shape index (κ2) is 6.06. The van der Waals surface area contributed by atoms with Crippen LogP contribution in [-0.4, -0.2) is 21.5 Å². The lowest BCUT2D eigenvalue weighted by atomic mass is 9.66. The molecule has 4 nitrogen and oxygen atoms in total. The molecule has 1 spiro atoms. The lowest BCUT2D eigenvalue weighted by molar-refractivity contribution is -0.156. The fraction of sp³-hybridized carbons (Fsp3) is 0.333. The number of aliphatic hydroxyl groups is 1. The Morgan fingerprint density at radius 1 is 1.23 bits per heavy atom. The third kappa shape index (κ3) is 2.11. The molecule has 4 aliphatic rings. The minimum absolute atomic E-state index is 0.167. The first-order valence-corrected chi connectivity index (χ1v) is 11.3. The van der Waals surface area contributed by atoms with Gasteiger partial charge in [-0.3, -0.25) is 9.78 Å². The summed E-state index contributed by atoms with van der Waals surface area (Å²) in [5.41, 5.74) is -2.32. The Morgan fingerprint density at radius 3 is 2.67 bits per heavy atom. The van der Waals surface area contributed by atoms with Crippen LogP contribution in [0.4, 0.5) is 0 Å². The number of carbonyl (C=O) groups is 1. The number of allylic oxidation sites excluding steroid dienone is 3. The second-order valence-electron chi connectivity index (χ2n) is 8.73. The first kappa shape index (κ1) is 18.8. The van der Waals surface area contributed by atoms with E-state index in [0.717, 1.165) is 22.9 Å². The monoisotopic (exact) mass is 483 g/mol. The van der Waals surface area contributed by atoms with Crippen LogP contribution in [0, 0.1) is 11.3 Å². The molecule has 0 saturated heterocycles. The zero-order valence-corrected chi connectivity index (χ0v) is 18.4. The first-order chi connectivity index (χ1) is 14.4. The zero-order valence-electron chi connectivity index (χ0n) is 16.0. The molecule has 2 heterocycles. The van der Waals surface area contributed by atoms with Gasteiger partial charge in [0.2, 0.25) is 5.60 Å². The number of nitrogens with zero attached hydrogens (tertiary/aromatic N) is 1. The Bertz CT molecular complexity index is 1140.